The molecule has 1 aromatic carbocycles. The third-order valence-electron chi connectivity index (χ3n) is 2.85. The van der Waals surface area contributed by atoms with Crippen LogP contribution in [-0.4, -0.2) is 13.0 Å². The molecule has 3 nitrogen and oxygen atoms in total. The van der Waals surface area contributed by atoms with Crippen molar-refractivity contribution in [2.75, 3.05) is 0 Å². The molecule has 0 aliphatic rings. The van der Waals surface area contributed by atoms with E-state index in [1.165, 1.54) is 6.07 Å². The SMILES string of the molecule is CCc1ccc(S(=O)(=O)O)c(CC)c1CC. The van der Waals surface area contributed by atoms with Gasteiger partial charge in [-0.3, -0.25) is 4.55 Å². The first-order chi connectivity index (χ1) is 7.45. The summed E-state index contributed by atoms with van der Waals surface area (Å²) in [6.07, 6.45) is 2.28. The van der Waals surface area contributed by atoms with Gasteiger partial charge in [-0.2, -0.15) is 8.42 Å². The second kappa shape index (κ2) is 4.97. The summed E-state index contributed by atoms with van der Waals surface area (Å²) in [4.78, 5) is 0.0593. The second-order valence-electron chi connectivity index (χ2n) is 3.72. The van der Waals surface area contributed by atoms with Gasteiger partial charge < -0.3 is 0 Å². The highest BCUT2D eigenvalue weighted by molar-refractivity contribution is 7.85. The summed E-state index contributed by atoms with van der Waals surface area (Å²) in [6.45, 7) is 5.95. The number of hydrogen-bond acceptors (Lipinski definition) is 2. The maximum Gasteiger partial charge on any atom is 0.294 e. The molecule has 1 rings (SSSR count). The monoisotopic (exact) mass is 242 g/mol. The second-order valence-corrected chi connectivity index (χ2v) is 5.11. The van der Waals surface area contributed by atoms with Crippen LogP contribution >= 0.6 is 0 Å². The highest BCUT2D eigenvalue weighted by Gasteiger charge is 2.18. The van der Waals surface area contributed by atoms with Crippen molar-refractivity contribution in [3.05, 3.63) is 28.8 Å². The lowest BCUT2D eigenvalue weighted by molar-refractivity contribution is 0.482. The fourth-order valence-electron chi connectivity index (χ4n) is 2.12. The van der Waals surface area contributed by atoms with Crippen LogP contribution in [0.5, 0.6) is 0 Å². The maximum absolute atomic E-state index is 11.2. The van der Waals surface area contributed by atoms with E-state index >= 15 is 0 Å². The van der Waals surface area contributed by atoms with Gasteiger partial charge in [0.05, 0.1) is 4.90 Å². The third-order valence-corrected chi connectivity index (χ3v) is 3.79. The molecule has 0 aromatic heterocycles. The van der Waals surface area contributed by atoms with Gasteiger partial charge in [0.2, 0.25) is 0 Å². The molecule has 0 unspecified atom stereocenters. The molecule has 0 saturated heterocycles. The standard InChI is InChI=1S/C12H18O3S/c1-4-9-7-8-12(16(13,14)15)11(6-3)10(9)5-2/h7-8H,4-6H2,1-3H3,(H,13,14,15). The lowest BCUT2D eigenvalue weighted by Gasteiger charge is -2.14. The van der Waals surface area contributed by atoms with E-state index < -0.39 is 10.1 Å². The van der Waals surface area contributed by atoms with Crippen molar-refractivity contribution in [2.45, 2.75) is 44.9 Å². The zero-order valence-electron chi connectivity index (χ0n) is 9.95. The molecule has 0 saturated carbocycles. The van der Waals surface area contributed by atoms with Gasteiger partial charge in [0, 0.05) is 0 Å². The van der Waals surface area contributed by atoms with Gasteiger partial charge in [0.25, 0.3) is 10.1 Å². The van der Waals surface area contributed by atoms with Crippen molar-refractivity contribution in [3.8, 4) is 0 Å². The van der Waals surface area contributed by atoms with Crippen LogP contribution in [0, 0.1) is 0 Å². The molecule has 0 atom stereocenters. The first-order valence-corrected chi connectivity index (χ1v) is 7.00. The highest BCUT2D eigenvalue weighted by atomic mass is 32.2. The van der Waals surface area contributed by atoms with Gasteiger partial charge in [0.1, 0.15) is 0 Å². The summed E-state index contributed by atoms with van der Waals surface area (Å²) in [5, 5.41) is 0. The minimum absolute atomic E-state index is 0.0593. The molecule has 16 heavy (non-hydrogen) atoms. The largest absolute Gasteiger partial charge is 0.294 e. The van der Waals surface area contributed by atoms with Gasteiger partial charge in [0.15, 0.2) is 0 Å². The Kier molecular flexibility index (Phi) is 4.10. The Bertz CT molecular complexity index is 475. The minimum Gasteiger partial charge on any atom is -0.282 e. The summed E-state index contributed by atoms with van der Waals surface area (Å²) >= 11 is 0. The van der Waals surface area contributed by atoms with E-state index in [0.717, 1.165) is 29.5 Å². The summed E-state index contributed by atoms with van der Waals surface area (Å²) in [6, 6.07) is 3.30. The fraction of sp³-hybridized carbons (Fsp3) is 0.500. The molecule has 0 amide bonds. The van der Waals surface area contributed by atoms with E-state index in [1.807, 2.05) is 20.8 Å². The summed E-state index contributed by atoms with van der Waals surface area (Å²) in [7, 11) is -4.10. The number of hydrogen-bond donors (Lipinski definition) is 1. The van der Waals surface area contributed by atoms with E-state index in [0.29, 0.717) is 6.42 Å². The number of aryl methyl sites for hydroxylation is 1. The van der Waals surface area contributed by atoms with Crippen LogP contribution in [0.25, 0.3) is 0 Å². The molecular weight excluding hydrogens is 224 g/mol. The summed E-state index contributed by atoms with van der Waals surface area (Å²) < 4.78 is 31.6. The third kappa shape index (κ3) is 2.44. The van der Waals surface area contributed by atoms with Crippen molar-refractivity contribution >= 4 is 10.1 Å². The van der Waals surface area contributed by atoms with Crippen molar-refractivity contribution in [1.29, 1.82) is 0 Å². The Labute approximate surface area is 97.2 Å². The molecule has 0 aliphatic heterocycles. The summed E-state index contributed by atoms with van der Waals surface area (Å²) in [5.74, 6) is 0. The Morgan fingerprint density at radius 2 is 1.56 bits per heavy atom. The Morgan fingerprint density at radius 1 is 1.00 bits per heavy atom. The van der Waals surface area contributed by atoms with Crippen molar-refractivity contribution < 1.29 is 13.0 Å². The Hall–Kier alpha value is -0.870. The average Bonchev–Trinajstić information content (AvgIpc) is 2.25. The number of rotatable bonds is 4. The van der Waals surface area contributed by atoms with Gasteiger partial charge in [-0.15, -0.1) is 0 Å². The van der Waals surface area contributed by atoms with Crippen molar-refractivity contribution in [3.63, 3.8) is 0 Å². The van der Waals surface area contributed by atoms with Crippen LogP contribution in [0.4, 0.5) is 0 Å². The molecule has 1 aromatic rings. The molecule has 90 valence electrons. The van der Waals surface area contributed by atoms with Crippen LogP contribution in [0.3, 0.4) is 0 Å². The molecule has 4 heteroatoms. The van der Waals surface area contributed by atoms with Crippen LogP contribution in [0.2, 0.25) is 0 Å². The van der Waals surface area contributed by atoms with E-state index in [4.69, 9.17) is 4.55 Å². The highest BCUT2D eigenvalue weighted by Crippen LogP contribution is 2.24. The lowest BCUT2D eigenvalue weighted by Crippen LogP contribution is -2.07. The predicted molar refractivity (Wildman–Crippen MR) is 64.4 cm³/mol. The van der Waals surface area contributed by atoms with Crippen LogP contribution in [-0.2, 0) is 29.4 Å². The smallest absolute Gasteiger partial charge is 0.282 e. The normalized spacial score (nSPS) is 11.8. The first kappa shape index (κ1) is 13.2. The zero-order valence-corrected chi connectivity index (χ0v) is 10.8. The van der Waals surface area contributed by atoms with Crippen molar-refractivity contribution in [1.82, 2.24) is 0 Å². The van der Waals surface area contributed by atoms with E-state index in [-0.39, 0.29) is 4.90 Å². The van der Waals surface area contributed by atoms with Gasteiger partial charge >= 0.3 is 0 Å². The van der Waals surface area contributed by atoms with Crippen LogP contribution in [0.15, 0.2) is 17.0 Å². The van der Waals surface area contributed by atoms with E-state index in [9.17, 15) is 8.42 Å². The quantitative estimate of drug-likeness (QED) is 0.826. The molecule has 1 N–H and O–H groups in total. The van der Waals surface area contributed by atoms with Gasteiger partial charge in [-0.05, 0) is 42.0 Å². The van der Waals surface area contributed by atoms with E-state index in [2.05, 4.69) is 0 Å². The van der Waals surface area contributed by atoms with Gasteiger partial charge in [-0.1, -0.05) is 26.8 Å². The van der Waals surface area contributed by atoms with Crippen molar-refractivity contribution in [2.24, 2.45) is 0 Å². The fourth-order valence-corrected chi connectivity index (χ4v) is 2.94. The number of benzene rings is 1. The first-order valence-electron chi connectivity index (χ1n) is 5.56. The Balaban J connectivity index is 3.56. The lowest BCUT2D eigenvalue weighted by atomic mass is 9.96. The average molecular weight is 242 g/mol. The molecule has 0 radical (unpaired) electrons. The maximum atomic E-state index is 11.2. The molecule has 0 aliphatic carbocycles. The Morgan fingerprint density at radius 3 is 1.94 bits per heavy atom. The molecule has 0 bridgehead atoms. The zero-order chi connectivity index (χ0) is 12.3. The molecule has 0 heterocycles. The van der Waals surface area contributed by atoms with Crippen LogP contribution < -0.4 is 0 Å². The predicted octanol–water partition coefficient (Wildman–Crippen LogP) is 2.62. The summed E-state index contributed by atoms with van der Waals surface area (Å²) in [5.41, 5.74) is 2.97. The molecular formula is C12H18O3S. The minimum atomic E-state index is -4.10. The topological polar surface area (TPSA) is 54.4 Å². The molecule has 0 spiro atoms. The van der Waals surface area contributed by atoms with Gasteiger partial charge in [-0.25, -0.2) is 0 Å². The van der Waals surface area contributed by atoms with E-state index in [1.54, 1.807) is 6.07 Å². The molecule has 0 fully saturated rings. The van der Waals surface area contributed by atoms with Crippen LogP contribution in [0.1, 0.15) is 37.5 Å².